The standard InChI is InChI=1S/C11H6ClN3O3S2/c12-9-5-14-11(19-9)15-20(18)7-1-2-8(10(16)17)6(3-7)4-13/h1-3,5H,(H,14,15)(H,16,17). The minimum absolute atomic E-state index is 0.0534. The Balaban J connectivity index is 2.27. The van der Waals surface area contributed by atoms with Crippen molar-refractivity contribution in [3.05, 3.63) is 39.9 Å². The fourth-order valence-corrected chi connectivity index (χ4v) is 3.16. The van der Waals surface area contributed by atoms with Crippen molar-refractivity contribution < 1.29 is 14.1 Å². The van der Waals surface area contributed by atoms with Gasteiger partial charge in [-0.05, 0) is 18.2 Å². The first-order valence-electron chi connectivity index (χ1n) is 5.08. The van der Waals surface area contributed by atoms with Gasteiger partial charge in [0.05, 0.1) is 22.2 Å². The van der Waals surface area contributed by atoms with E-state index in [4.69, 9.17) is 22.0 Å². The molecule has 1 aromatic carbocycles. The van der Waals surface area contributed by atoms with Crippen LogP contribution in [-0.2, 0) is 11.0 Å². The molecule has 0 fully saturated rings. The number of thiazole rings is 1. The number of nitrogens with one attached hydrogen (secondary N) is 1. The molecule has 0 spiro atoms. The van der Waals surface area contributed by atoms with Crippen LogP contribution < -0.4 is 4.72 Å². The molecule has 20 heavy (non-hydrogen) atoms. The van der Waals surface area contributed by atoms with Crippen molar-refractivity contribution in [2.45, 2.75) is 4.90 Å². The Bertz CT molecular complexity index is 739. The third-order valence-electron chi connectivity index (χ3n) is 2.21. The zero-order chi connectivity index (χ0) is 14.7. The topological polar surface area (TPSA) is 103 Å². The summed E-state index contributed by atoms with van der Waals surface area (Å²) in [5.74, 6) is -1.21. The van der Waals surface area contributed by atoms with Gasteiger partial charge in [0.15, 0.2) is 16.1 Å². The molecule has 0 aliphatic rings. The number of halogens is 1. The van der Waals surface area contributed by atoms with Gasteiger partial charge in [-0.15, -0.1) is 0 Å². The van der Waals surface area contributed by atoms with E-state index in [2.05, 4.69) is 9.71 Å². The number of nitrogens with zero attached hydrogens (tertiary/aromatic N) is 2. The zero-order valence-corrected chi connectivity index (χ0v) is 12.1. The maximum atomic E-state index is 12.0. The maximum Gasteiger partial charge on any atom is 0.337 e. The molecule has 1 atom stereocenters. The molecule has 1 heterocycles. The number of hydrogen-bond donors (Lipinski definition) is 2. The van der Waals surface area contributed by atoms with Gasteiger partial charge < -0.3 is 5.11 Å². The molecule has 1 unspecified atom stereocenters. The van der Waals surface area contributed by atoms with Gasteiger partial charge in [-0.3, -0.25) is 4.72 Å². The highest BCUT2D eigenvalue weighted by atomic mass is 35.5. The zero-order valence-electron chi connectivity index (χ0n) is 9.66. The monoisotopic (exact) mass is 327 g/mol. The quantitative estimate of drug-likeness (QED) is 0.898. The Kier molecular flexibility index (Phi) is 4.34. The highest BCUT2D eigenvalue weighted by molar-refractivity contribution is 7.86. The predicted molar refractivity (Wildman–Crippen MR) is 75.3 cm³/mol. The Morgan fingerprint density at radius 2 is 2.30 bits per heavy atom. The molecule has 0 saturated carbocycles. The number of hydrogen-bond acceptors (Lipinski definition) is 5. The van der Waals surface area contributed by atoms with E-state index in [0.29, 0.717) is 9.47 Å². The van der Waals surface area contributed by atoms with Crippen LogP contribution in [0.4, 0.5) is 5.13 Å². The van der Waals surface area contributed by atoms with Crippen LogP contribution in [0.25, 0.3) is 0 Å². The van der Waals surface area contributed by atoms with Gasteiger partial charge in [0, 0.05) is 0 Å². The predicted octanol–water partition coefficient (Wildman–Crippen LogP) is 2.50. The first-order valence-corrected chi connectivity index (χ1v) is 7.43. The minimum atomic E-state index is -1.66. The second-order valence-electron chi connectivity index (χ2n) is 3.46. The molecule has 2 aromatic rings. The summed E-state index contributed by atoms with van der Waals surface area (Å²) >= 11 is 6.82. The SMILES string of the molecule is N#Cc1cc(S(=O)Nc2ncc(Cl)s2)ccc1C(=O)O. The van der Waals surface area contributed by atoms with Gasteiger partial charge in [0.1, 0.15) is 10.4 Å². The number of rotatable bonds is 4. The van der Waals surface area contributed by atoms with Crippen LogP contribution in [0, 0.1) is 11.3 Å². The van der Waals surface area contributed by atoms with E-state index in [9.17, 15) is 9.00 Å². The van der Waals surface area contributed by atoms with Crippen LogP contribution in [0.3, 0.4) is 0 Å². The first kappa shape index (κ1) is 14.5. The van der Waals surface area contributed by atoms with E-state index in [1.807, 2.05) is 0 Å². The van der Waals surface area contributed by atoms with E-state index < -0.39 is 17.0 Å². The smallest absolute Gasteiger partial charge is 0.337 e. The summed E-state index contributed by atoms with van der Waals surface area (Å²) in [6.45, 7) is 0. The fraction of sp³-hybridized carbons (Fsp3) is 0. The first-order chi connectivity index (χ1) is 9.51. The molecule has 6 nitrogen and oxygen atoms in total. The Labute approximate surface area is 125 Å². The van der Waals surface area contributed by atoms with Crippen molar-refractivity contribution in [1.29, 1.82) is 5.26 Å². The lowest BCUT2D eigenvalue weighted by Crippen LogP contribution is -2.07. The number of nitriles is 1. The van der Waals surface area contributed by atoms with Crippen molar-refractivity contribution in [1.82, 2.24) is 4.98 Å². The number of anilines is 1. The molecule has 0 radical (unpaired) electrons. The molecule has 0 amide bonds. The van der Waals surface area contributed by atoms with E-state index in [0.717, 1.165) is 11.3 Å². The Morgan fingerprint density at radius 3 is 2.85 bits per heavy atom. The molecular formula is C11H6ClN3O3S2. The summed E-state index contributed by atoms with van der Waals surface area (Å²) in [7, 11) is -1.66. The van der Waals surface area contributed by atoms with Crippen molar-refractivity contribution in [3.8, 4) is 6.07 Å². The van der Waals surface area contributed by atoms with Crippen LogP contribution in [0.1, 0.15) is 15.9 Å². The van der Waals surface area contributed by atoms with Crippen LogP contribution in [-0.4, -0.2) is 20.3 Å². The van der Waals surface area contributed by atoms with Crippen LogP contribution >= 0.6 is 22.9 Å². The number of aromatic carboxylic acids is 1. The Morgan fingerprint density at radius 1 is 1.55 bits per heavy atom. The normalized spacial score (nSPS) is 11.6. The summed E-state index contributed by atoms with van der Waals surface area (Å²) < 4.78 is 15.1. The van der Waals surface area contributed by atoms with Crippen LogP contribution in [0.2, 0.25) is 4.34 Å². The Hall–Kier alpha value is -1.95. The van der Waals surface area contributed by atoms with Crippen molar-refractivity contribution in [2.75, 3.05) is 4.72 Å². The molecule has 0 aliphatic carbocycles. The fourth-order valence-electron chi connectivity index (χ4n) is 1.36. The highest BCUT2D eigenvalue weighted by Gasteiger charge is 2.14. The van der Waals surface area contributed by atoms with Crippen molar-refractivity contribution in [3.63, 3.8) is 0 Å². The summed E-state index contributed by atoms with van der Waals surface area (Å²) in [6.07, 6.45) is 1.42. The van der Waals surface area contributed by atoms with Crippen LogP contribution in [0.15, 0.2) is 29.3 Å². The van der Waals surface area contributed by atoms with Gasteiger partial charge in [0.25, 0.3) is 0 Å². The summed E-state index contributed by atoms with van der Waals surface area (Å²) in [6, 6.07) is 5.65. The van der Waals surface area contributed by atoms with E-state index >= 15 is 0 Å². The lowest BCUT2D eigenvalue weighted by atomic mass is 10.1. The van der Waals surface area contributed by atoms with Crippen molar-refractivity contribution >= 4 is 45.0 Å². The number of carbonyl (C=O) groups is 1. The minimum Gasteiger partial charge on any atom is -0.478 e. The third kappa shape index (κ3) is 3.14. The molecule has 1 aromatic heterocycles. The average molecular weight is 328 g/mol. The largest absolute Gasteiger partial charge is 0.478 e. The molecule has 2 rings (SSSR count). The van der Waals surface area contributed by atoms with Crippen molar-refractivity contribution in [2.24, 2.45) is 0 Å². The maximum absolute atomic E-state index is 12.0. The number of carboxylic acid groups (broad SMARTS) is 1. The number of benzene rings is 1. The lowest BCUT2D eigenvalue weighted by molar-refractivity contribution is 0.0696. The van der Waals surface area contributed by atoms with Gasteiger partial charge in [-0.2, -0.15) is 5.26 Å². The van der Waals surface area contributed by atoms with Gasteiger partial charge >= 0.3 is 5.97 Å². The summed E-state index contributed by atoms with van der Waals surface area (Å²) in [4.78, 5) is 15.1. The van der Waals surface area contributed by atoms with Crippen LogP contribution in [0.5, 0.6) is 0 Å². The molecule has 0 saturated heterocycles. The van der Waals surface area contributed by atoms with E-state index in [1.165, 1.54) is 24.4 Å². The number of carboxylic acids is 1. The third-order valence-corrected chi connectivity index (χ3v) is 4.43. The van der Waals surface area contributed by atoms with E-state index in [-0.39, 0.29) is 16.0 Å². The summed E-state index contributed by atoms with van der Waals surface area (Å²) in [5, 5.41) is 18.2. The molecular weight excluding hydrogens is 322 g/mol. The van der Waals surface area contributed by atoms with E-state index in [1.54, 1.807) is 6.07 Å². The van der Waals surface area contributed by atoms with Gasteiger partial charge in [-0.1, -0.05) is 22.9 Å². The molecule has 2 N–H and O–H groups in total. The second kappa shape index (κ2) is 6.00. The van der Waals surface area contributed by atoms with Gasteiger partial charge in [-0.25, -0.2) is 14.0 Å². The van der Waals surface area contributed by atoms with Gasteiger partial charge in [0.2, 0.25) is 0 Å². The molecule has 9 heteroatoms. The number of aromatic nitrogens is 1. The molecule has 0 bridgehead atoms. The highest BCUT2D eigenvalue weighted by Crippen LogP contribution is 2.24. The molecule has 0 aliphatic heterocycles. The molecule has 102 valence electrons. The summed E-state index contributed by atoms with van der Waals surface area (Å²) in [5.41, 5.74) is -0.187. The average Bonchev–Trinajstić information content (AvgIpc) is 2.83. The second-order valence-corrected chi connectivity index (χ2v) is 6.34. The lowest BCUT2D eigenvalue weighted by Gasteiger charge is -2.04.